The predicted octanol–water partition coefficient (Wildman–Crippen LogP) is 8.18. The third-order valence-corrected chi connectivity index (χ3v) is 6.05. The zero-order valence-corrected chi connectivity index (χ0v) is 22.7. The highest BCUT2D eigenvalue weighted by molar-refractivity contribution is 6.32. The smallest absolute Gasteiger partial charge is 0.248 e. The number of carbonyl (C=O) groups excluding carboxylic acids is 1. The summed E-state index contributed by atoms with van der Waals surface area (Å²) in [5, 5.41) is 6.27. The number of hydrogen-bond donors (Lipinski definition) is 2. The van der Waals surface area contributed by atoms with Crippen molar-refractivity contribution in [2.45, 2.75) is 6.61 Å². The van der Waals surface area contributed by atoms with Crippen LogP contribution in [0.5, 0.6) is 17.4 Å². The molecule has 0 unspecified atom stereocenters. The Morgan fingerprint density at radius 2 is 1.69 bits per heavy atom. The fourth-order valence-electron chi connectivity index (χ4n) is 3.78. The van der Waals surface area contributed by atoms with Gasteiger partial charge in [0.1, 0.15) is 41.9 Å². The van der Waals surface area contributed by atoms with Crippen LogP contribution in [0, 0.1) is 11.6 Å². The molecule has 2 N–H and O–H groups in total. The summed E-state index contributed by atoms with van der Waals surface area (Å²) in [4.78, 5) is 20.7. The van der Waals surface area contributed by atoms with Crippen molar-refractivity contribution >= 4 is 40.8 Å². The molecular weight excluding hydrogens is 562 g/mol. The Bertz CT molecular complexity index is 1730. The summed E-state index contributed by atoms with van der Waals surface area (Å²) in [6.07, 6.45) is 4.30. The normalized spacial score (nSPS) is 10.8. The van der Waals surface area contributed by atoms with E-state index in [-0.39, 0.29) is 30.0 Å². The Labute approximate surface area is 245 Å². The molecule has 0 aliphatic carbocycles. The van der Waals surface area contributed by atoms with Crippen LogP contribution < -0.4 is 20.1 Å². The first-order chi connectivity index (χ1) is 20.4. The lowest BCUT2D eigenvalue weighted by Crippen LogP contribution is -2.07. The first-order valence-electron chi connectivity index (χ1n) is 12.7. The van der Waals surface area contributed by atoms with Crippen molar-refractivity contribution in [1.82, 2.24) is 9.97 Å². The second-order valence-electron chi connectivity index (χ2n) is 8.93. The highest BCUT2D eigenvalue weighted by atomic mass is 35.5. The summed E-state index contributed by atoms with van der Waals surface area (Å²) in [5.41, 5.74) is 2.56. The standard InChI is InChI=1S/C32H23ClF2N4O3/c33-28-17-26(12-13-29(28)41-19-22-3-1-4-24(35)15-22)38-30-18-32(37-20-36-30)42-27-6-2-5-25(16-27)39-31(40)14-9-21-7-10-23(34)11-8-21/h1-18,20H,19H2,(H,39,40)(H,36,37,38)/b14-9+. The highest BCUT2D eigenvalue weighted by Crippen LogP contribution is 2.30. The van der Waals surface area contributed by atoms with E-state index in [1.807, 2.05) is 0 Å². The molecule has 0 atom stereocenters. The van der Waals surface area contributed by atoms with Gasteiger partial charge in [-0.2, -0.15) is 0 Å². The van der Waals surface area contributed by atoms with Crippen LogP contribution in [0.2, 0.25) is 5.02 Å². The number of halogens is 3. The maximum Gasteiger partial charge on any atom is 0.248 e. The van der Waals surface area contributed by atoms with Gasteiger partial charge in [0.25, 0.3) is 0 Å². The molecule has 1 amide bonds. The molecule has 0 fully saturated rings. The zero-order chi connectivity index (χ0) is 29.3. The van der Waals surface area contributed by atoms with Crippen LogP contribution >= 0.6 is 11.6 Å². The molecule has 4 aromatic carbocycles. The summed E-state index contributed by atoms with van der Waals surface area (Å²) in [7, 11) is 0. The van der Waals surface area contributed by atoms with E-state index < -0.39 is 0 Å². The molecule has 0 saturated heterocycles. The van der Waals surface area contributed by atoms with Gasteiger partial charge in [-0.15, -0.1) is 0 Å². The Kier molecular flexibility index (Phi) is 9.00. The Hall–Kier alpha value is -5.28. The molecule has 10 heteroatoms. The lowest BCUT2D eigenvalue weighted by atomic mass is 10.2. The number of amides is 1. The van der Waals surface area contributed by atoms with Crippen molar-refractivity contribution in [3.8, 4) is 17.4 Å². The van der Waals surface area contributed by atoms with Gasteiger partial charge in [0.15, 0.2) is 0 Å². The molecule has 5 rings (SSSR count). The van der Waals surface area contributed by atoms with Gasteiger partial charge >= 0.3 is 0 Å². The van der Waals surface area contributed by atoms with Crippen molar-refractivity contribution in [2.75, 3.05) is 10.6 Å². The molecule has 42 heavy (non-hydrogen) atoms. The van der Waals surface area contributed by atoms with E-state index in [1.165, 1.54) is 36.7 Å². The molecule has 0 aliphatic heterocycles. The number of rotatable bonds is 10. The van der Waals surface area contributed by atoms with E-state index in [4.69, 9.17) is 21.1 Å². The molecule has 0 saturated carbocycles. The van der Waals surface area contributed by atoms with Crippen LogP contribution in [-0.2, 0) is 11.4 Å². The first kappa shape index (κ1) is 28.3. The van der Waals surface area contributed by atoms with Crippen LogP contribution in [0.1, 0.15) is 11.1 Å². The molecule has 7 nitrogen and oxygen atoms in total. The minimum atomic E-state index is -0.353. The predicted molar refractivity (Wildman–Crippen MR) is 158 cm³/mol. The second-order valence-corrected chi connectivity index (χ2v) is 9.34. The number of ether oxygens (including phenoxy) is 2. The lowest BCUT2D eigenvalue weighted by Gasteiger charge is -2.12. The third-order valence-electron chi connectivity index (χ3n) is 5.75. The fraction of sp³-hybridized carbons (Fsp3) is 0.0312. The van der Waals surface area contributed by atoms with Crippen LogP contribution in [0.3, 0.4) is 0 Å². The Morgan fingerprint density at radius 1 is 0.857 bits per heavy atom. The summed E-state index contributed by atoms with van der Waals surface area (Å²) in [6.45, 7) is 0.175. The Morgan fingerprint density at radius 3 is 2.50 bits per heavy atom. The van der Waals surface area contributed by atoms with Crippen molar-refractivity contribution in [2.24, 2.45) is 0 Å². The van der Waals surface area contributed by atoms with Gasteiger partial charge in [0, 0.05) is 29.6 Å². The minimum Gasteiger partial charge on any atom is -0.487 e. The van der Waals surface area contributed by atoms with Crippen LogP contribution in [0.25, 0.3) is 6.08 Å². The maximum atomic E-state index is 13.4. The van der Waals surface area contributed by atoms with Gasteiger partial charge in [-0.05, 0) is 71.8 Å². The molecule has 210 valence electrons. The average molecular weight is 585 g/mol. The average Bonchev–Trinajstić information content (AvgIpc) is 2.97. The quantitative estimate of drug-likeness (QED) is 0.161. The first-order valence-corrected chi connectivity index (χ1v) is 13.1. The molecule has 0 radical (unpaired) electrons. The van der Waals surface area contributed by atoms with Gasteiger partial charge in [0.2, 0.25) is 11.8 Å². The fourth-order valence-corrected chi connectivity index (χ4v) is 4.02. The molecule has 5 aromatic rings. The number of carbonyl (C=O) groups is 1. The Balaban J connectivity index is 1.18. The summed E-state index contributed by atoms with van der Waals surface area (Å²) in [5.74, 6) is 0.603. The maximum absolute atomic E-state index is 13.4. The van der Waals surface area contributed by atoms with Crippen molar-refractivity contribution in [3.05, 3.63) is 137 Å². The molecule has 0 spiro atoms. The number of benzene rings is 4. The van der Waals surface area contributed by atoms with Crippen molar-refractivity contribution in [1.29, 1.82) is 0 Å². The minimum absolute atomic E-state index is 0.175. The van der Waals surface area contributed by atoms with E-state index in [0.29, 0.717) is 44.8 Å². The number of aromatic nitrogens is 2. The van der Waals surface area contributed by atoms with Crippen LogP contribution in [-0.4, -0.2) is 15.9 Å². The van der Waals surface area contributed by atoms with E-state index in [2.05, 4.69) is 20.6 Å². The van der Waals surface area contributed by atoms with Crippen LogP contribution in [0.15, 0.2) is 109 Å². The van der Waals surface area contributed by atoms with Gasteiger partial charge in [-0.1, -0.05) is 41.9 Å². The summed E-state index contributed by atoms with van der Waals surface area (Å²) in [6, 6.07) is 25.6. The SMILES string of the molecule is O=C(/C=C/c1ccc(F)cc1)Nc1cccc(Oc2cc(Nc3ccc(OCc4cccc(F)c4)c(Cl)c3)ncn2)c1. The second kappa shape index (κ2) is 13.4. The zero-order valence-electron chi connectivity index (χ0n) is 21.9. The molecule has 0 aliphatic rings. The number of nitrogens with one attached hydrogen (secondary N) is 2. The van der Waals surface area contributed by atoms with Gasteiger partial charge < -0.3 is 20.1 Å². The van der Waals surface area contributed by atoms with E-state index in [1.54, 1.807) is 78.9 Å². The van der Waals surface area contributed by atoms with Gasteiger partial charge in [-0.25, -0.2) is 18.7 Å². The van der Waals surface area contributed by atoms with Gasteiger partial charge in [0.05, 0.1) is 5.02 Å². The monoisotopic (exact) mass is 584 g/mol. The highest BCUT2D eigenvalue weighted by Gasteiger charge is 2.08. The van der Waals surface area contributed by atoms with E-state index >= 15 is 0 Å². The molecule has 1 aromatic heterocycles. The molecule has 1 heterocycles. The number of nitrogens with zero attached hydrogens (tertiary/aromatic N) is 2. The number of hydrogen-bond acceptors (Lipinski definition) is 6. The summed E-state index contributed by atoms with van der Waals surface area (Å²) < 4.78 is 38.0. The number of anilines is 3. The van der Waals surface area contributed by atoms with Crippen LogP contribution in [0.4, 0.5) is 26.0 Å². The lowest BCUT2D eigenvalue weighted by molar-refractivity contribution is -0.111. The molecule has 0 bridgehead atoms. The summed E-state index contributed by atoms with van der Waals surface area (Å²) >= 11 is 6.39. The largest absolute Gasteiger partial charge is 0.487 e. The third kappa shape index (κ3) is 8.12. The van der Waals surface area contributed by atoms with E-state index in [9.17, 15) is 13.6 Å². The topological polar surface area (TPSA) is 85.4 Å². The van der Waals surface area contributed by atoms with Crippen molar-refractivity contribution < 1.29 is 23.0 Å². The van der Waals surface area contributed by atoms with Crippen molar-refractivity contribution in [3.63, 3.8) is 0 Å². The van der Waals surface area contributed by atoms with Gasteiger partial charge in [-0.3, -0.25) is 4.79 Å². The molecular formula is C32H23ClF2N4O3. The van der Waals surface area contributed by atoms with E-state index in [0.717, 1.165) is 0 Å².